The normalized spacial score (nSPS) is 24.8. The zero-order valence-electron chi connectivity index (χ0n) is 9.91. The number of aliphatic hydroxyl groups excluding tert-OH is 1. The molecule has 2 N–H and O–H groups in total. The molecular formula is C10H12BrNO5S2. The molecule has 2 rings (SSSR count). The molecule has 1 fully saturated rings. The van der Waals surface area contributed by atoms with Crippen LogP contribution in [0.25, 0.3) is 0 Å². The van der Waals surface area contributed by atoms with E-state index in [0.717, 1.165) is 4.31 Å². The highest BCUT2D eigenvalue weighted by Crippen LogP contribution is 2.34. The van der Waals surface area contributed by atoms with Crippen LogP contribution in [-0.2, 0) is 14.8 Å². The zero-order valence-corrected chi connectivity index (χ0v) is 13.1. The first-order chi connectivity index (χ1) is 8.73. The molecule has 0 aromatic carbocycles. The van der Waals surface area contributed by atoms with Crippen molar-refractivity contribution in [1.29, 1.82) is 0 Å². The highest BCUT2D eigenvalue weighted by Gasteiger charge is 2.44. The van der Waals surface area contributed by atoms with Gasteiger partial charge in [-0.15, -0.1) is 11.3 Å². The van der Waals surface area contributed by atoms with Crippen LogP contribution in [-0.4, -0.2) is 47.6 Å². The molecule has 1 aromatic heterocycles. The first-order valence-electron chi connectivity index (χ1n) is 5.42. The van der Waals surface area contributed by atoms with E-state index >= 15 is 0 Å². The van der Waals surface area contributed by atoms with Crippen LogP contribution in [0.2, 0.25) is 0 Å². The van der Waals surface area contributed by atoms with Crippen molar-refractivity contribution in [1.82, 2.24) is 4.31 Å². The Morgan fingerprint density at radius 2 is 2.21 bits per heavy atom. The van der Waals surface area contributed by atoms with Gasteiger partial charge in [-0.1, -0.05) is 0 Å². The SMILES string of the molecule is Cc1sc(Br)cc1S(=O)(=O)N1C[C@H](O)C[C@H]1C(=O)O. The van der Waals surface area contributed by atoms with Crippen LogP contribution >= 0.6 is 27.3 Å². The molecule has 1 aromatic rings. The number of carboxylic acids is 1. The third-order valence-corrected chi connectivity index (χ3v) is 6.63. The lowest BCUT2D eigenvalue weighted by Gasteiger charge is -2.20. The fourth-order valence-electron chi connectivity index (χ4n) is 2.09. The van der Waals surface area contributed by atoms with Crippen LogP contribution in [0.3, 0.4) is 0 Å². The summed E-state index contributed by atoms with van der Waals surface area (Å²) in [5.41, 5.74) is 0. The number of hydrogen-bond acceptors (Lipinski definition) is 5. The Balaban J connectivity index is 2.44. The summed E-state index contributed by atoms with van der Waals surface area (Å²) in [4.78, 5) is 11.8. The van der Waals surface area contributed by atoms with Gasteiger partial charge in [0.25, 0.3) is 0 Å². The van der Waals surface area contributed by atoms with Crippen LogP contribution in [0, 0.1) is 6.92 Å². The Bertz CT molecular complexity index is 611. The van der Waals surface area contributed by atoms with E-state index in [1.54, 1.807) is 6.92 Å². The minimum Gasteiger partial charge on any atom is -0.480 e. The maximum atomic E-state index is 12.5. The molecular weight excluding hydrogens is 358 g/mol. The minimum absolute atomic E-state index is 0.0844. The van der Waals surface area contributed by atoms with Crippen molar-refractivity contribution in [3.05, 3.63) is 14.7 Å². The van der Waals surface area contributed by atoms with Crippen molar-refractivity contribution < 1.29 is 23.4 Å². The first kappa shape index (κ1) is 14.9. The van der Waals surface area contributed by atoms with Crippen LogP contribution < -0.4 is 0 Å². The van der Waals surface area contributed by atoms with Gasteiger partial charge in [0.1, 0.15) is 6.04 Å². The summed E-state index contributed by atoms with van der Waals surface area (Å²) in [6.07, 6.45) is -1.03. The number of thiophene rings is 1. The zero-order chi connectivity index (χ0) is 14.4. The van der Waals surface area contributed by atoms with Gasteiger partial charge < -0.3 is 10.2 Å². The average Bonchev–Trinajstić information content (AvgIpc) is 2.82. The molecule has 1 aliphatic rings. The molecule has 0 radical (unpaired) electrons. The Labute approximate surface area is 122 Å². The number of hydrogen-bond donors (Lipinski definition) is 2. The predicted molar refractivity (Wildman–Crippen MR) is 72.7 cm³/mol. The van der Waals surface area contributed by atoms with Crippen molar-refractivity contribution in [3.63, 3.8) is 0 Å². The van der Waals surface area contributed by atoms with E-state index in [4.69, 9.17) is 5.11 Å². The fraction of sp³-hybridized carbons (Fsp3) is 0.500. The fourth-order valence-corrected chi connectivity index (χ4v) is 6.10. The van der Waals surface area contributed by atoms with E-state index in [2.05, 4.69) is 15.9 Å². The third kappa shape index (κ3) is 2.70. The molecule has 6 nitrogen and oxygen atoms in total. The number of β-amino-alcohol motifs (C(OH)–C–C–N with tert-alkyl or cyclic N) is 1. The van der Waals surface area contributed by atoms with Crippen molar-refractivity contribution in [2.75, 3.05) is 6.54 Å². The lowest BCUT2D eigenvalue weighted by atomic mass is 10.2. The second-order valence-electron chi connectivity index (χ2n) is 4.29. The summed E-state index contributed by atoms with van der Waals surface area (Å²) in [6, 6.07) is 0.247. The summed E-state index contributed by atoms with van der Waals surface area (Å²) >= 11 is 4.48. The number of aryl methyl sites for hydroxylation is 1. The molecule has 0 spiro atoms. The van der Waals surface area contributed by atoms with Gasteiger partial charge in [-0.2, -0.15) is 4.31 Å². The number of sulfonamides is 1. The van der Waals surface area contributed by atoms with Crippen molar-refractivity contribution in [3.8, 4) is 0 Å². The molecule has 2 atom stereocenters. The van der Waals surface area contributed by atoms with Gasteiger partial charge in [0.2, 0.25) is 10.0 Å². The Morgan fingerprint density at radius 1 is 1.58 bits per heavy atom. The van der Waals surface area contributed by atoms with Crippen LogP contribution in [0.4, 0.5) is 0 Å². The average molecular weight is 370 g/mol. The lowest BCUT2D eigenvalue weighted by molar-refractivity contribution is -0.140. The second kappa shape index (κ2) is 5.13. The molecule has 9 heteroatoms. The summed E-state index contributed by atoms with van der Waals surface area (Å²) in [7, 11) is -3.90. The predicted octanol–water partition coefficient (Wildman–Crippen LogP) is 1.03. The largest absolute Gasteiger partial charge is 0.480 e. The van der Waals surface area contributed by atoms with Gasteiger partial charge in [0.15, 0.2) is 0 Å². The lowest BCUT2D eigenvalue weighted by Crippen LogP contribution is -2.40. The molecule has 1 saturated heterocycles. The summed E-state index contributed by atoms with van der Waals surface area (Å²) < 4.78 is 26.5. The van der Waals surface area contributed by atoms with Crippen molar-refractivity contribution in [2.24, 2.45) is 0 Å². The van der Waals surface area contributed by atoms with Crippen LogP contribution in [0.5, 0.6) is 0 Å². The van der Waals surface area contributed by atoms with E-state index in [1.807, 2.05) is 0 Å². The van der Waals surface area contributed by atoms with E-state index in [1.165, 1.54) is 17.4 Å². The third-order valence-electron chi connectivity index (χ3n) is 2.95. The Kier molecular flexibility index (Phi) is 4.03. The number of aliphatic carboxylic acids is 1. The Hall–Kier alpha value is -0.480. The highest BCUT2D eigenvalue weighted by molar-refractivity contribution is 9.11. The van der Waals surface area contributed by atoms with Gasteiger partial charge >= 0.3 is 5.97 Å². The van der Waals surface area contributed by atoms with Crippen LogP contribution in [0.1, 0.15) is 11.3 Å². The van der Waals surface area contributed by atoms with Crippen LogP contribution in [0.15, 0.2) is 14.7 Å². The maximum absolute atomic E-state index is 12.5. The monoisotopic (exact) mass is 369 g/mol. The van der Waals surface area contributed by atoms with Gasteiger partial charge in [-0.25, -0.2) is 8.42 Å². The molecule has 0 bridgehead atoms. The van der Waals surface area contributed by atoms with Gasteiger partial charge in [0.05, 0.1) is 14.8 Å². The number of halogens is 1. The van der Waals surface area contributed by atoms with E-state index in [0.29, 0.717) is 8.66 Å². The van der Waals surface area contributed by atoms with Gasteiger partial charge in [0, 0.05) is 17.8 Å². The van der Waals surface area contributed by atoms with Crippen molar-refractivity contribution >= 4 is 43.3 Å². The quantitative estimate of drug-likeness (QED) is 0.829. The number of carbonyl (C=O) groups is 1. The molecule has 2 heterocycles. The summed E-state index contributed by atoms with van der Waals surface area (Å²) in [6.45, 7) is 1.47. The standard InChI is InChI=1S/C10H12BrNO5S2/c1-5-8(3-9(11)18-5)19(16,17)12-4-6(13)2-7(12)10(14)15/h3,6-7,13H,2,4H2,1H3,(H,14,15)/t6-,7+/m1/s1. The molecule has 1 aliphatic heterocycles. The maximum Gasteiger partial charge on any atom is 0.322 e. The smallest absolute Gasteiger partial charge is 0.322 e. The topological polar surface area (TPSA) is 94.9 Å². The van der Waals surface area contributed by atoms with E-state index in [-0.39, 0.29) is 17.9 Å². The summed E-state index contributed by atoms with van der Waals surface area (Å²) in [5.74, 6) is -1.24. The van der Waals surface area contributed by atoms with Gasteiger partial charge in [-0.3, -0.25) is 4.79 Å². The molecule has 0 saturated carbocycles. The molecule has 0 amide bonds. The molecule has 19 heavy (non-hydrogen) atoms. The van der Waals surface area contributed by atoms with Gasteiger partial charge in [-0.05, 0) is 28.9 Å². The Morgan fingerprint density at radius 3 is 2.68 bits per heavy atom. The number of carboxylic acid groups (broad SMARTS) is 1. The first-order valence-corrected chi connectivity index (χ1v) is 8.47. The van der Waals surface area contributed by atoms with Crippen molar-refractivity contribution in [2.45, 2.75) is 30.4 Å². The molecule has 0 aliphatic carbocycles. The number of nitrogens with zero attached hydrogens (tertiary/aromatic N) is 1. The number of aliphatic hydroxyl groups is 1. The number of rotatable bonds is 3. The summed E-state index contributed by atoms with van der Waals surface area (Å²) in [5, 5.41) is 18.6. The highest BCUT2D eigenvalue weighted by atomic mass is 79.9. The molecule has 106 valence electrons. The van der Waals surface area contributed by atoms with E-state index in [9.17, 15) is 18.3 Å². The van der Waals surface area contributed by atoms with E-state index < -0.39 is 28.1 Å². The minimum atomic E-state index is -3.90. The molecule has 0 unspecified atom stereocenters. The second-order valence-corrected chi connectivity index (χ2v) is 8.78.